The van der Waals surface area contributed by atoms with E-state index in [-0.39, 0.29) is 12.3 Å². The Kier molecular flexibility index (Phi) is 6.49. The smallest absolute Gasteiger partial charge is 0.229 e. The Morgan fingerprint density at radius 1 is 1.04 bits per heavy atom. The number of nitrogens with one attached hydrogen (secondary N) is 1. The first-order valence-electron chi connectivity index (χ1n) is 7.90. The molecule has 0 unspecified atom stereocenters. The zero-order valence-electron chi connectivity index (χ0n) is 14.3. The third-order valence-corrected chi connectivity index (χ3v) is 3.46. The van der Waals surface area contributed by atoms with E-state index in [1.807, 2.05) is 31.2 Å². The number of rotatable bonds is 8. The highest BCUT2D eigenvalue weighted by Gasteiger charge is 2.12. The van der Waals surface area contributed by atoms with Crippen LogP contribution < -0.4 is 19.5 Å². The second-order valence-corrected chi connectivity index (χ2v) is 5.25. The van der Waals surface area contributed by atoms with Crippen molar-refractivity contribution in [3.63, 3.8) is 0 Å². The summed E-state index contributed by atoms with van der Waals surface area (Å²) in [6.07, 6.45) is 1.09. The highest BCUT2D eigenvalue weighted by Crippen LogP contribution is 2.27. The van der Waals surface area contributed by atoms with E-state index in [2.05, 4.69) is 5.32 Å². The molecule has 0 atom stereocenters. The van der Waals surface area contributed by atoms with Crippen molar-refractivity contribution in [3.05, 3.63) is 48.0 Å². The number of para-hydroxylation sites is 2. The predicted molar refractivity (Wildman–Crippen MR) is 94.1 cm³/mol. The molecule has 128 valence electrons. The number of hydrogen-bond donors (Lipinski definition) is 1. The van der Waals surface area contributed by atoms with E-state index in [1.54, 1.807) is 32.4 Å². The average Bonchev–Trinajstić information content (AvgIpc) is 2.60. The lowest BCUT2D eigenvalue weighted by Crippen LogP contribution is -2.16. The van der Waals surface area contributed by atoms with Crippen LogP contribution in [0.15, 0.2) is 42.5 Å². The van der Waals surface area contributed by atoms with Crippen molar-refractivity contribution in [2.24, 2.45) is 0 Å². The monoisotopic (exact) mass is 329 g/mol. The largest absolute Gasteiger partial charge is 0.497 e. The Bertz CT molecular complexity index is 685. The molecule has 2 aromatic carbocycles. The number of carbonyl (C=O) groups excluding carboxylic acids is 1. The topological polar surface area (TPSA) is 56.8 Å². The molecule has 5 heteroatoms. The maximum Gasteiger partial charge on any atom is 0.229 e. The molecule has 0 spiro atoms. The van der Waals surface area contributed by atoms with Crippen LogP contribution in [0.4, 0.5) is 5.69 Å². The van der Waals surface area contributed by atoms with Crippen molar-refractivity contribution in [1.82, 2.24) is 0 Å². The van der Waals surface area contributed by atoms with Crippen LogP contribution in [0, 0.1) is 0 Å². The number of amides is 1. The van der Waals surface area contributed by atoms with Crippen LogP contribution in [0.2, 0.25) is 0 Å². The van der Waals surface area contributed by atoms with Crippen LogP contribution >= 0.6 is 0 Å². The van der Waals surface area contributed by atoms with Crippen molar-refractivity contribution in [2.75, 3.05) is 26.1 Å². The molecule has 0 aromatic heterocycles. The summed E-state index contributed by atoms with van der Waals surface area (Å²) in [6, 6.07) is 12.8. The fourth-order valence-electron chi connectivity index (χ4n) is 2.30. The normalized spacial score (nSPS) is 10.1. The minimum absolute atomic E-state index is 0.144. The molecule has 1 amide bonds. The molecule has 0 radical (unpaired) electrons. The van der Waals surface area contributed by atoms with Crippen LogP contribution in [0.1, 0.15) is 18.9 Å². The Labute approximate surface area is 142 Å². The lowest BCUT2D eigenvalue weighted by atomic mass is 10.1. The van der Waals surface area contributed by atoms with Gasteiger partial charge in [-0.25, -0.2) is 0 Å². The number of ether oxygens (including phenoxy) is 3. The van der Waals surface area contributed by atoms with E-state index in [0.29, 0.717) is 29.5 Å². The number of benzene rings is 2. The SMILES string of the molecule is CCCOc1ccccc1NC(=O)Cc1cc(OC)ccc1OC. The van der Waals surface area contributed by atoms with Crippen molar-refractivity contribution in [2.45, 2.75) is 19.8 Å². The van der Waals surface area contributed by atoms with Crippen molar-refractivity contribution in [3.8, 4) is 17.2 Å². The standard InChI is InChI=1S/C19H23NO4/c1-4-11-24-18-8-6-5-7-16(18)20-19(21)13-14-12-15(22-2)9-10-17(14)23-3/h5-10,12H,4,11,13H2,1-3H3,(H,20,21). The van der Waals surface area contributed by atoms with E-state index < -0.39 is 0 Å². The summed E-state index contributed by atoms with van der Waals surface area (Å²) >= 11 is 0. The van der Waals surface area contributed by atoms with Crippen molar-refractivity contribution in [1.29, 1.82) is 0 Å². The molecule has 0 heterocycles. The van der Waals surface area contributed by atoms with Gasteiger partial charge in [0.2, 0.25) is 5.91 Å². The van der Waals surface area contributed by atoms with E-state index in [9.17, 15) is 4.79 Å². The quantitative estimate of drug-likeness (QED) is 0.803. The van der Waals surface area contributed by atoms with Gasteiger partial charge in [0, 0.05) is 5.56 Å². The summed E-state index contributed by atoms with van der Waals surface area (Å²) in [5, 5.41) is 2.90. The summed E-state index contributed by atoms with van der Waals surface area (Å²) in [5.41, 5.74) is 1.43. The summed E-state index contributed by atoms with van der Waals surface area (Å²) in [6.45, 7) is 2.65. The first-order valence-corrected chi connectivity index (χ1v) is 7.90. The molecule has 0 aliphatic carbocycles. The first-order chi connectivity index (χ1) is 11.7. The first kappa shape index (κ1) is 17.7. The third kappa shape index (κ3) is 4.65. The van der Waals surface area contributed by atoms with Gasteiger partial charge in [-0.15, -0.1) is 0 Å². The average molecular weight is 329 g/mol. The zero-order chi connectivity index (χ0) is 17.4. The second-order valence-electron chi connectivity index (χ2n) is 5.25. The van der Waals surface area contributed by atoms with Crippen LogP contribution in [0.3, 0.4) is 0 Å². The second kappa shape index (κ2) is 8.82. The number of anilines is 1. The van der Waals surface area contributed by atoms with Gasteiger partial charge < -0.3 is 19.5 Å². The van der Waals surface area contributed by atoms with E-state index in [4.69, 9.17) is 14.2 Å². The van der Waals surface area contributed by atoms with E-state index >= 15 is 0 Å². The van der Waals surface area contributed by atoms with Crippen molar-refractivity contribution >= 4 is 11.6 Å². The fourth-order valence-corrected chi connectivity index (χ4v) is 2.30. The van der Waals surface area contributed by atoms with Crippen LogP contribution in [0.25, 0.3) is 0 Å². The van der Waals surface area contributed by atoms with Gasteiger partial charge in [0.25, 0.3) is 0 Å². The summed E-state index contributed by atoms with van der Waals surface area (Å²) in [7, 11) is 3.17. The van der Waals surface area contributed by atoms with Gasteiger partial charge >= 0.3 is 0 Å². The van der Waals surface area contributed by atoms with Crippen molar-refractivity contribution < 1.29 is 19.0 Å². The van der Waals surface area contributed by atoms with Crippen LogP contribution in [-0.4, -0.2) is 26.7 Å². The number of methoxy groups -OCH3 is 2. The lowest BCUT2D eigenvalue weighted by molar-refractivity contribution is -0.115. The maximum absolute atomic E-state index is 12.4. The molecule has 0 saturated heterocycles. The molecule has 24 heavy (non-hydrogen) atoms. The maximum atomic E-state index is 12.4. The Morgan fingerprint density at radius 3 is 2.54 bits per heavy atom. The van der Waals surface area contributed by atoms with Gasteiger partial charge in [0.1, 0.15) is 17.2 Å². The summed E-state index contributed by atoms with van der Waals surface area (Å²) < 4.78 is 16.2. The highest BCUT2D eigenvalue weighted by molar-refractivity contribution is 5.94. The molecule has 0 aliphatic rings. The minimum atomic E-state index is -0.144. The predicted octanol–water partition coefficient (Wildman–Crippen LogP) is 3.67. The molecule has 0 fully saturated rings. The highest BCUT2D eigenvalue weighted by atomic mass is 16.5. The zero-order valence-corrected chi connectivity index (χ0v) is 14.3. The van der Waals surface area contributed by atoms with Gasteiger partial charge in [0.15, 0.2) is 0 Å². The van der Waals surface area contributed by atoms with Gasteiger partial charge in [0.05, 0.1) is 32.9 Å². The molecule has 2 aromatic rings. The number of carbonyl (C=O) groups is 1. The third-order valence-electron chi connectivity index (χ3n) is 3.46. The molecule has 5 nitrogen and oxygen atoms in total. The van der Waals surface area contributed by atoms with E-state index in [1.165, 1.54) is 0 Å². The number of hydrogen-bond acceptors (Lipinski definition) is 4. The van der Waals surface area contributed by atoms with Crippen LogP contribution in [-0.2, 0) is 11.2 Å². The summed E-state index contributed by atoms with van der Waals surface area (Å²) in [5.74, 6) is 1.87. The molecular weight excluding hydrogens is 306 g/mol. The van der Waals surface area contributed by atoms with E-state index in [0.717, 1.165) is 12.0 Å². The molecule has 1 N–H and O–H groups in total. The molecular formula is C19H23NO4. The Balaban J connectivity index is 2.11. The Hall–Kier alpha value is -2.69. The lowest BCUT2D eigenvalue weighted by Gasteiger charge is -2.13. The van der Waals surface area contributed by atoms with Gasteiger partial charge in [-0.3, -0.25) is 4.79 Å². The van der Waals surface area contributed by atoms with Crippen LogP contribution in [0.5, 0.6) is 17.2 Å². The molecule has 0 saturated carbocycles. The van der Waals surface area contributed by atoms with Gasteiger partial charge in [-0.1, -0.05) is 19.1 Å². The Morgan fingerprint density at radius 2 is 1.83 bits per heavy atom. The molecule has 0 aliphatic heterocycles. The van der Waals surface area contributed by atoms with Gasteiger partial charge in [-0.2, -0.15) is 0 Å². The molecule has 2 rings (SSSR count). The minimum Gasteiger partial charge on any atom is -0.497 e. The molecule has 0 bridgehead atoms. The van der Waals surface area contributed by atoms with Gasteiger partial charge in [-0.05, 0) is 36.8 Å². The summed E-state index contributed by atoms with van der Waals surface area (Å²) in [4.78, 5) is 12.4. The fraction of sp³-hybridized carbons (Fsp3) is 0.316.